The van der Waals surface area contributed by atoms with Crippen molar-refractivity contribution in [2.75, 3.05) is 13.1 Å². The van der Waals surface area contributed by atoms with Crippen LogP contribution < -0.4 is 0 Å². The summed E-state index contributed by atoms with van der Waals surface area (Å²) in [6.07, 6.45) is 1.78. The van der Waals surface area contributed by atoms with Crippen molar-refractivity contribution in [2.45, 2.75) is 23.7 Å². The fraction of sp³-hybridized carbons (Fsp3) is 0.263. The van der Waals surface area contributed by atoms with Crippen molar-refractivity contribution in [3.05, 3.63) is 64.9 Å². The van der Waals surface area contributed by atoms with Gasteiger partial charge in [-0.15, -0.1) is 0 Å². The largest absolute Gasteiger partial charge is 0.243 e. The predicted octanol–water partition coefficient (Wildman–Crippen LogP) is 4.47. The summed E-state index contributed by atoms with van der Waals surface area (Å²) in [5.74, 6) is 0.482. The second-order valence-electron chi connectivity index (χ2n) is 6.21. The van der Waals surface area contributed by atoms with Gasteiger partial charge in [-0.3, -0.25) is 0 Å². The number of thiophene rings is 1. The van der Waals surface area contributed by atoms with E-state index in [1.54, 1.807) is 21.7 Å². The number of piperidine rings is 1. The van der Waals surface area contributed by atoms with E-state index in [0.717, 1.165) is 23.6 Å². The number of fused-ring (bicyclic) bond motifs is 1. The molecule has 4 rings (SSSR count). The molecule has 1 saturated heterocycles. The molecule has 1 aliphatic rings. The van der Waals surface area contributed by atoms with E-state index in [-0.39, 0.29) is 0 Å². The molecule has 24 heavy (non-hydrogen) atoms. The van der Waals surface area contributed by atoms with Gasteiger partial charge in [-0.1, -0.05) is 36.4 Å². The summed E-state index contributed by atoms with van der Waals surface area (Å²) in [5.41, 5.74) is 1.35. The van der Waals surface area contributed by atoms with Crippen LogP contribution in [-0.2, 0) is 10.0 Å². The van der Waals surface area contributed by atoms with Gasteiger partial charge < -0.3 is 0 Å². The molecule has 0 N–H and O–H groups in total. The van der Waals surface area contributed by atoms with E-state index in [1.165, 1.54) is 5.56 Å². The van der Waals surface area contributed by atoms with Crippen LogP contribution in [-0.4, -0.2) is 25.8 Å². The highest BCUT2D eigenvalue weighted by Crippen LogP contribution is 2.33. The summed E-state index contributed by atoms with van der Waals surface area (Å²) in [6.45, 7) is 1.18. The average Bonchev–Trinajstić information content (AvgIpc) is 3.16. The maximum atomic E-state index is 13.1. The van der Waals surface area contributed by atoms with Crippen LogP contribution in [0.1, 0.15) is 24.3 Å². The van der Waals surface area contributed by atoms with Gasteiger partial charge in [0.15, 0.2) is 0 Å². The van der Waals surface area contributed by atoms with Crippen molar-refractivity contribution in [1.29, 1.82) is 0 Å². The molecule has 0 spiro atoms. The Morgan fingerprint density at radius 2 is 1.71 bits per heavy atom. The van der Waals surface area contributed by atoms with Gasteiger partial charge in [0.2, 0.25) is 10.0 Å². The lowest BCUT2D eigenvalue weighted by atomic mass is 9.92. The molecule has 0 aliphatic carbocycles. The van der Waals surface area contributed by atoms with Gasteiger partial charge in [-0.25, -0.2) is 8.42 Å². The van der Waals surface area contributed by atoms with Crippen LogP contribution >= 0.6 is 11.3 Å². The number of hydrogen-bond acceptors (Lipinski definition) is 3. The van der Waals surface area contributed by atoms with Crippen LogP contribution in [0.25, 0.3) is 10.8 Å². The third-order valence-electron chi connectivity index (χ3n) is 4.84. The van der Waals surface area contributed by atoms with Gasteiger partial charge >= 0.3 is 0 Å². The summed E-state index contributed by atoms with van der Waals surface area (Å²) in [5, 5.41) is 6.04. The Morgan fingerprint density at radius 3 is 2.46 bits per heavy atom. The van der Waals surface area contributed by atoms with Crippen LogP contribution in [0, 0.1) is 0 Å². The molecule has 0 unspecified atom stereocenters. The Labute approximate surface area is 146 Å². The SMILES string of the molecule is O=S(=O)(c1cccc2ccccc12)N1CCC(c2ccsc2)CC1. The molecule has 1 fully saturated rings. The van der Waals surface area contributed by atoms with Crippen molar-refractivity contribution >= 4 is 32.1 Å². The Hall–Kier alpha value is -1.69. The standard InChI is InChI=1S/C19H19NO2S2/c21-24(22,19-7-3-5-16-4-1-2-6-18(16)19)20-11-8-15(9-12-20)17-10-13-23-14-17/h1-7,10,13-15H,8-9,11-12H2. The first-order valence-corrected chi connectivity index (χ1v) is 10.5. The number of rotatable bonds is 3. The molecule has 0 radical (unpaired) electrons. The smallest absolute Gasteiger partial charge is 0.207 e. The molecule has 124 valence electrons. The summed E-state index contributed by atoms with van der Waals surface area (Å²) >= 11 is 1.71. The summed E-state index contributed by atoms with van der Waals surface area (Å²) < 4.78 is 27.9. The van der Waals surface area contributed by atoms with Crippen molar-refractivity contribution in [3.8, 4) is 0 Å². The zero-order valence-electron chi connectivity index (χ0n) is 13.3. The van der Waals surface area contributed by atoms with E-state index in [0.29, 0.717) is 23.9 Å². The lowest BCUT2D eigenvalue weighted by molar-refractivity contribution is 0.320. The van der Waals surface area contributed by atoms with Crippen molar-refractivity contribution in [1.82, 2.24) is 4.31 Å². The lowest BCUT2D eigenvalue weighted by Crippen LogP contribution is -2.37. The fourth-order valence-corrected chi connectivity index (χ4v) is 5.92. The van der Waals surface area contributed by atoms with Crippen LogP contribution in [0.2, 0.25) is 0 Å². The summed E-state index contributed by atoms with van der Waals surface area (Å²) in [4.78, 5) is 0.426. The van der Waals surface area contributed by atoms with E-state index in [2.05, 4.69) is 16.8 Å². The normalized spacial score (nSPS) is 17.3. The Kier molecular flexibility index (Phi) is 4.16. The second-order valence-corrected chi connectivity index (χ2v) is 8.90. The van der Waals surface area contributed by atoms with Crippen molar-refractivity contribution in [3.63, 3.8) is 0 Å². The molecule has 2 aromatic carbocycles. The zero-order valence-corrected chi connectivity index (χ0v) is 14.9. The van der Waals surface area contributed by atoms with Gasteiger partial charge in [-0.05, 0) is 52.6 Å². The molecule has 3 nitrogen and oxygen atoms in total. The highest BCUT2D eigenvalue weighted by molar-refractivity contribution is 7.89. The third kappa shape index (κ3) is 2.77. The maximum Gasteiger partial charge on any atom is 0.243 e. The topological polar surface area (TPSA) is 37.4 Å². The van der Waals surface area contributed by atoms with Gasteiger partial charge in [-0.2, -0.15) is 15.6 Å². The minimum Gasteiger partial charge on any atom is -0.207 e. The Balaban J connectivity index is 1.62. The molecule has 1 aromatic heterocycles. The molecule has 2 heterocycles. The summed E-state index contributed by atoms with van der Waals surface area (Å²) in [7, 11) is -3.44. The maximum absolute atomic E-state index is 13.1. The molecular weight excluding hydrogens is 338 g/mol. The van der Waals surface area contributed by atoms with Gasteiger partial charge in [0, 0.05) is 18.5 Å². The fourth-order valence-electron chi connectivity index (χ4n) is 3.50. The molecule has 0 bridgehead atoms. The zero-order chi connectivity index (χ0) is 16.6. The molecule has 5 heteroatoms. The van der Waals surface area contributed by atoms with Crippen molar-refractivity contribution < 1.29 is 8.42 Å². The molecule has 1 aliphatic heterocycles. The first-order chi connectivity index (χ1) is 11.7. The van der Waals surface area contributed by atoms with Crippen LogP contribution in [0.3, 0.4) is 0 Å². The monoisotopic (exact) mass is 357 g/mol. The first kappa shape index (κ1) is 15.8. The van der Waals surface area contributed by atoms with Gasteiger partial charge in [0.05, 0.1) is 4.90 Å². The highest BCUT2D eigenvalue weighted by atomic mass is 32.2. The molecule has 0 atom stereocenters. The summed E-state index contributed by atoms with van der Waals surface area (Å²) in [6, 6.07) is 15.3. The average molecular weight is 358 g/mol. The minimum absolute atomic E-state index is 0.426. The number of hydrogen-bond donors (Lipinski definition) is 0. The van der Waals surface area contributed by atoms with Gasteiger partial charge in [0.25, 0.3) is 0 Å². The highest BCUT2D eigenvalue weighted by Gasteiger charge is 2.30. The predicted molar refractivity (Wildman–Crippen MR) is 99.0 cm³/mol. The molecule has 3 aromatic rings. The van der Waals surface area contributed by atoms with E-state index in [1.807, 2.05) is 36.4 Å². The van der Waals surface area contributed by atoms with Crippen LogP contribution in [0.15, 0.2) is 64.2 Å². The number of benzene rings is 2. The van der Waals surface area contributed by atoms with E-state index in [9.17, 15) is 8.42 Å². The second kappa shape index (κ2) is 6.31. The number of sulfonamides is 1. The molecule has 0 saturated carbocycles. The quantitative estimate of drug-likeness (QED) is 0.693. The van der Waals surface area contributed by atoms with Crippen LogP contribution in [0.4, 0.5) is 0 Å². The van der Waals surface area contributed by atoms with E-state index in [4.69, 9.17) is 0 Å². The minimum atomic E-state index is -3.44. The first-order valence-electron chi connectivity index (χ1n) is 8.16. The molecule has 0 amide bonds. The van der Waals surface area contributed by atoms with Crippen molar-refractivity contribution in [2.24, 2.45) is 0 Å². The Bertz CT molecular complexity index is 935. The lowest BCUT2D eigenvalue weighted by Gasteiger charge is -2.31. The van der Waals surface area contributed by atoms with Crippen LogP contribution in [0.5, 0.6) is 0 Å². The van der Waals surface area contributed by atoms with Gasteiger partial charge in [0.1, 0.15) is 0 Å². The molecular formula is C19H19NO2S2. The number of nitrogens with zero attached hydrogens (tertiary/aromatic N) is 1. The van der Waals surface area contributed by atoms with E-state index < -0.39 is 10.0 Å². The third-order valence-corrected chi connectivity index (χ3v) is 7.49. The van der Waals surface area contributed by atoms with E-state index >= 15 is 0 Å². The Morgan fingerprint density at radius 1 is 0.958 bits per heavy atom.